The van der Waals surface area contributed by atoms with Crippen LogP contribution < -0.4 is 0 Å². The minimum atomic E-state index is 0. The van der Waals surface area contributed by atoms with Gasteiger partial charge in [-0.05, 0) is 65.5 Å². The first-order valence-electron chi connectivity index (χ1n) is 16.0. The summed E-state index contributed by atoms with van der Waals surface area (Å²) in [5, 5.41) is 2.34. The van der Waals surface area contributed by atoms with Crippen LogP contribution in [0.4, 0.5) is 0 Å². The van der Waals surface area contributed by atoms with Crippen LogP contribution in [0.5, 0.6) is 0 Å². The van der Waals surface area contributed by atoms with E-state index in [0.29, 0.717) is 0 Å². The fraction of sp³-hybridized carbons (Fsp3) is 0.0444. The molecule has 0 saturated carbocycles. The van der Waals surface area contributed by atoms with Gasteiger partial charge < -0.3 is 9.97 Å². The van der Waals surface area contributed by atoms with Gasteiger partial charge in [-0.3, -0.25) is 4.98 Å². The smallest absolute Gasteiger partial charge is 0.0786 e. The average molecular weight is 808 g/mol. The minimum absolute atomic E-state index is 0. The van der Waals surface area contributed by atoms with Crippen molar-refractivity contribution >= 4 is 10.8 Å². The molecular weight excluding hydrogens is 775 g/mol. The molecule has 0 fully saturated rings. The number of pyridine rings is 3. The largest absolute Gasteiger partial charge is 0.305 e. The molecule has 1 radical (unpaired) electrons. The van der Waals surface area contributed by atoms with Gasteiger partial charge >= 0.3 is 0 Å². The van der Waals surface area contributed by atoms with E-state index in [4.69, 9.17) is 4.98 Å². The number of rotatable bonds is 5. The molecule has 0 N–H and O–H groups in total. The van der Waals surface area contributed by atoms with Gasteiger partial charge in [0.25, 0.3) is 0 Å². The average Bonchev–Trinajstić information content (AvgIpc) is 3.16. The standard InChI is InChI=1S/C33H23N2.C12H10N.Ir/c1-23-13-15-24(16-14-23)28-17-18-29(26-10-7-11-27(22-26)31-12-5-6-20-34-31)32-30(28)19-21-35-33(32)25-8-3-2-4-9-25;1-10-7-8-13-12(9-10)11-5-3-2-4-6-11;/h2-10,12-22H,1H3;2-5,7-9H,1H3;/q2*-1;. The van der Waals surface area contributed by atoms with Gasteiger partial charge in [-0.2, -0.15) is 0 Å². The number of fused-ring (bicyclic) bond motifs is 1. The van der Waals surface area contributed by atoms with E-state index in [1.165, 1.54) is 27.6 Å². The van der Waals surface area contributed by atoms with Gasteiger partial charge in [0.15, 0.2) is 0 Å². The van der Waals surface area contributed by atoms with Gasteiger partial charge in [0.2, 0.25) is 0 Å². The van der Waals surface area contributed by atoms with Crippen molar-refractivity contribution in [2.75, 3.05) is 0 Å². The molecule has 4 heteroatoms. The summed E-state index contributed by atoms with van der Waals surface area (Å²) in [6, 6.07) is 56.4. The molecule has 5 aromatic carbocycles. The second-order valence-electron chi connectivity index (χ2n) is 11.7. The molecule has 239 valence electrons. The van der Waals surface area contributed by atoms with Gasteiger partial charge in [-0.15, -0.1) is 71.3 Å². The molecule has 0 aliphatic carbocycles. The Morgan fingerprint density at radius 2 is 1.18 bits per heavy atom. The zero-order valence-electron chi connectivity index (χ0n) is 27.3. The third-order valence-electron chi connectivity index (χ3n) is 8.29. The predicted octanol–water partition coefficient (Wildman–Crippen LogP) is 11.3. The molecule has 0 amide bonds. The van der Waals surface area contributed by atoms with Gasteiger partial charge in [-0.25, -0.2) is 0 Å². The Kier molecular flexibility index (Phi) is 10.6. The quantitative estimate of drug-likeness (QED) is 0.163. The van der Waals surface area contributed by atoms with Gasteiger partial charge in [0, 0.05) is 49.6 Å². The Bertz CT molecular complexity index is 2290. The molecule has 8 rings (SSSR count). The molecule has 0 unspecified atom stereocenters. The van der Waals surface area contributed by atoms with Crippen LogP contribution in [0, 0.1) is 26.0 Å². The van der Waals surface area contributed by atoms with E-state index in [-0.39, 0.29) is 20.1 Å². The van der Waals surface area contributed by atoms with Gasteiger partial charge in [0.1, 0.15) is 0 Å². The van der Waals surface area contributed by atoms with E-state index in [0.717, 1.165) is 50.3 Å². The summed E-state index contributed by atoms with van der Waals surface area (Å²) >= 11 is 0. The third kappa shape index (κ3) is 7.63. The molecule has 49 heavy (non-hydrogen) atoms. The summed E-state index contributed by atoms with van der Waals surface area (Å²) in [6.45, 7) is 4.18. The Morgan fingerprint density at radius 1 is 0.449 bits per heavy atom. The molecule has 0 aliphatic rings. The van der Waals surface area contributed by atoms with Crippen molar-refractivity contribution < 1.29 is 20.1 Å². The number of hydrogen-bond acceptors (Lipinski definition) is 3. The molecule has 0 aliphatic heterocycles. The second kappa shape index (κ2) is 15.6. The Balaban J connectivity index is 0.000000250. The Hall–Kier alpha value is -5.54. The minimum Gasteiger partial charge on any atom is -0.305 e. The molecule has 0 saturated heterocycles. The number of hydrogen-bond donors (Lipinski definition) is 0. The monoisotopic (exact) mass is 808 g/mol. The molecule has 3 nitrogen and oxygen atoms in total. The van der Waals surface area contributed by atoms with Crippen molar-refractivity contribution in [3.8, 4) is 56.0 Å². The zero-order valence-corrected chi connectivity index (χ0v) is 29.7. The second-order valence-corrected chi connectivity index (χ2v) is 11.7. The van der Waals surface area contributed by atoms with Gasteiger partial charge in [0.05, 0.1) is 5.69 Å². The third-order valence-corrected chi connectivity index (χ3v) is 8.29. The molecule has 3 aromatic heterocycles. The van der Waals surface area contributed by atoms with Crippen LogP contribution in [-0.2, 0) is 20.1 Å². The van der Waals surface area contributed by atoms with Crippen LogP contribution in [0.2, 0.25) is 0 Å². The van der Waals surface area contributed by atoms with Crippen molar-refractivity contribution in [1.29, 1.82) is 0 Å². The van der Waals surface area contributed by atoms with Crippen molar-refractivity contribution in [1.82, 2.24) is 15.0 Å². The zero-order chi connectivity index (χ0) is 32.7. The van der Waals surface area contributed by atoms with Crippen molar-refractivity contribution in [2.45, 2.75) is 13.8 Å². The summed E-state index contributed by atoms with van der Waals surface area (Å²) in [6.07, 6.45) is 5.56. The Labute approximate surface area is 301 Å². The van der Waals surface area contributed by atoms with E-state index < -0.39 is 0 Å². The molecule has 0 spiro atoms. The van der Waals surface area contributed by atoms with Crippen LogP contribution in [0.25, 0.3) is 66.8 Å². The normalized spacial score (nSPS) is 10.5. The number of aromatic nitrogens is 3. The van der Waals surface area contributed by atoms with Crippen molar-refractivity contribution in [3.63, 3.8) is 0 Å². The van der Waals surface area contributed by atoms with E-state index in [1.54, 1.807) is 0 Å². The molecule has 0 bridgehead atoms. The molecular formula is C45H33IrN3-2. The maximum atomic E-state index is 4.87. The van der Waals surface area contributed by atoms with Gasteiger partial charge in [-0.1, -0.05) is 96.1 Å². The summed E-state index contributed by atoms with van der Waals surface area (Å²) in [5.74, 6) is 0. The first kappa shape index (κ1) is 33.4. The number of benzene rings is 5. The fourth-order valence-electron chi connectivity index (χ4n) is 5.88. The summed E-state index contributed by atoms with van der Waals surface area (Å²) in [5.41, 5.74) is 13.2. The fourth-order valence-corrected chi connectivity index (χ4v) is 5.88. The molecule has 0 atom stereocenters. The first-order valence-corrected chi connectivity index (χ1v) is 16.0. The summed E-state index contributed by atoms with van der Waals surface area (Å²) < 4.78 is 0. The van der Waals surface area contributed by atoms with E-state index in [9.17, 15) is 0 Å². The molecule has 8 aromatic rings. The van der Waals surface area contributed by atoms with Crippen molar-refractivity contribution in [2.24, 2.45) is 0 Å². The first-order chi connectivity index (χ1) is 23.6. The van der Waals surface area contributed by atoms with Crippen molar-refractivity contribution in [3.05, 3.63) is 187 Å². The maximum Gasteiger partial charge on any atom is 0.0786 e. The topological polar surface area (TPSA) is 38.7 Å². The maximum absolute atomic E-state index is 4.87. The van der Waals surface area contributed by atoms with Crippen LogP contribution in [-0.4, -0.2) is 15.0 Å². The predicted molar refractivity (Wildman–Crippen MR) is 198 cm³/mol. The number of nitrogens with zero attached hydrogens (tertiary/aromatic N) is 3. The van der Waals surface area contributed by atoms with E-state index in [1.807, 2.05) is 79.3 Å². The van der Waals surface area contributed by atoms with Crippen LogP contribution >= 0.6 is 0 Å². The number of aryl methyl sites for hydroxylation is 2. The van der Waals surface area contributed by atoms with E-state index in [2.05, 4.69) is 121 Å². The van der Waals surface area contributed by atoms with Crippen LogP contribution in [0.15, 0.2) is 164 Å². The summed E-state index contributed by atoms with van der Waals surface area (Å²) in [7, 11) is 0. The SMILES string of the molecule is Cc1ccc(-c2ccc(-c3cc[c-]c(-c4ccccn4)c3)c3c(-c4ccccc4)nccc23)cc1.Cc1ccnc(-c2[c-]cccc2)c1.[Ir]. The Morgan fingerprint density at radius 3 is 1.94 bits per heavy atom. The molecule has 3 heterocycles. The van der Waals surface area contributed by atoms with Crippen LogP contribution in [0.3, 0.4) is 0 Å². The van der Waals surface area contributed by atoms with Crippen LogP contribution in [0.1, 0.15) is 11.1 Å². The summed E-state index contributed by atoms with van der Waals surface area (Å²) in [4.78, 5) is 13.7. The van der Waals surface area contributed by atoms with E-state index >= 15 is 0 Å².